The Morgan fingerprint density at radius 1 is 1.19 bits per heavy atom. The Morgan fingerprint density at radius 3 is 2.56 bits per heavy atom. The van der Waals surface area contributed by atoms with E-state index in [4.69, 9.17) is 0 Å². The van der Waals surface area contributed by atoms with Gasteiger partial charge in [0.2, 0.25) is 5.91 Å². The molecule has 1 atom stereocenters. The number of benzene rings is 1. The van der Waals surface area contributed by atoms with Gasteiger partial charge < -0.3 is 10.0 Å². The van der Waals surface area contributed by atoms with Gasteiger partial charge in [0.1, 0.15) is 5.82 Å². The van der Waals surface area contributed by atoms with Crippen LogP contribution in [-0.4, -0.2) is 38.4 Å². The average Bonchev–Trinajstić information content (AvgIpc) is 3.09. The van der Waals surface area contributed by atoms with Crippen LogP contribution in [0.2, 0.25) is 0 Å². The third-order valence-electron chi connectivity index (χ3n) is 4.79. The van der Waals surface area contributed by atoms with Crippen molar-refractivity contribution in [3.05, 3.63) is 47.4 Å². The molecule has 0 saturated carbocycles. The van der Waals surface area contributed by atoms with Gasteiger partial charge >= 0.3 is 5.97 Å². The highest BCUT2D eigenvalue weighted by Crippen LogP contribution is 2.36. The number of aryl methyl sites for hydroxylation is 1. The maximum atomic E-state index is 12.8. The van der Waals surface area contributed by atoms with Crippen molar-refractivity contribution in [1.82, 2.24) is 14.9 Å². The molecule has 6 heteroatoms. The number of nitrogens with zero attached hydrogens (tertiary/aromatic N) is 3. The molecule has 1 saturated heterocycles. The van der Waals surface area contributed by atoms with Gasteiger partial charge in [-0.05, 0) is 31.9 Å². The van der Waals surface area contributed by atoms with Gasteiger partial charge in [-0.15, -0.1) is 0 Å². The van der Waals surface area contributed by atoms with E-state index >= 15 is 0 Å². The van der Waals surface area contributed by atoms with Crippen molar-refractivity contribution in [1.29, 1.82) is 0 Å². The molecule has 0 spiro atoms. The van der Waals surface area contributed by atoms with Crippen molar-refractivity contribution in [3.63, 3.8) is 0 Å². The van der Waals surface area contributed by atoms with E-state index in [1.54, 1.807) is 31.2 Å². The van der Waals surface area contributed by atoms with E-state index in [2.05, 4.69) is 9.97 Å². The highest BCUT2D eigenvalue weighted by molar-refractivity contribution is 5.95. The quantitative estimate of drug-likeness (QED) is 0.890. The molecule has 0 aliphatic carbocycles. The van der Waals surface area contributed by atoms with Crippen LogP contribution in [0.1, 0.15) is 61.5 Å². The topological polar surface area (TPSA) is 83.4 Å². The molecule has 1 amide bonds. The highest BCUT2D eigenvalue weighted by atomic mass is 16.4. The van der Waals surface area contributed by atoms with Crippen LogP contribution in [0.15, 0.2) is 30.3 Å². The molecule has 1 aromatic carbocycles. The van der Waals surface area contributed by atoms with Crippen LogP contribution in [-0.2, 0) is 4.79 Å². The second-order valence-electron chi connectivity index (χ2n) is 7.98. The van der Waals surface area contributed by atoms with Crippen LogP contribution in [0, 0.1) is 12.3 Å². The molecule has 1 unspecified atom stereocenters. The molecular formula is C21H25N3O3. The van der Waals surface area contributed by atoms with E-state index in [1.165, 1.54) is 0 Å². The van der Waals surface area contributed by atoms with E-state index in [9.17, 15) is 14.7 Å². The minimum Gasteiger partial charge on any atom is -0.478 e. The summed E-state index contributed by atoms with van der Waals surface area (Å²) in [4.78, 5) is 35.4. The highest BCUT2D eigenvalue weighted by Gasteiger charge is 2.36. The number of aromatic nitrogens is 2. The maximum Gasteiger partial charge on any atom is 0.336 e. The van der Waals surface area contributed by atoms with E-state index in [0.717, 1.165) is 18.5 Å². The van der Waals surface area contributed by atoms with Crippen LogP contribution in [0.4, 0.5) is 0 Å². The molecule has 1 N–H and O–H groups in total. The first-order valence-corrected chi connectivity index (χ1v) is 9.18. The van der Waals surface area contributed by atoms with Gasteiger partial charge in [0, 0.05) is 17.5 Å². The zero-order valence-electron chi connectivity index (χ0n) is 16.2. The number of carboxylic acids is 1. The molecule has 2 aromatic rings. The lowest BCUT2D eigenvalue weighted by Crippen LogP contribution is -2.39. The fourth-order valence-corrected chi connectivity index (χ4v) is 3.54. The maximum absolute atomic E-state index is 12.8. The van der Waals surface area contributed by atoms with Crippen molar-refractivity contribution >= 4 is 11.9 Å². The van der Waals surface area contributed by atoms with E-state index in [-0.39, 0.29) is 17.5 Å². The van der Waals surface area contributed by atoms with Gasteiger partial charge in [0.05, 0.1) is 23.0 Å². The third-order valence-corrected chi connectivity index (χ3v) is 4.79. The average molecular weight is 367 g/mol. The molecule has 2 heterocycles. The molecule has 27 heavy (non-hydrogen) atoms. The SMILES string of the molecule is Cc1nc(-c2ccccc2C(=O)O)cc(C2CCCN2C(=O)C(C)(C)C)n1. The lowest BCUT2D eigenvalue weighted by atomic mass is 9.94. The van der Waals surface area contributed by atoms with Crippen molar-refractivity contribution in [3.8, 4) is 11.3 Å². The second-order valence-corrected chi connectivity index (χ2v) is 7.98. The van der Waals surface area contributed by atoms with Gasteiger partial charge in [-0.1, -0.05) is 39.0 Å². The first-order chi connectivity index (χ1) is 12.7. The number of hydrogen-bond donors (Lipinski definition) is 1. The number of amides is 1. The summed E-state index contributed by atoms with van der Waals surface area (Å²) in [5.41, 5.74) is 1.65. The van der Waals surface area contributed by atoms with Gasteiger partial charge in [-0.2, -0.15) is 0 Å². The summed E-state index contributed by atoms with van der Waals surface area (Å²) < 4.78 is 0. The van der Waals surface area contributed by atoms with Gasteiger partial charge in [0.25, 0.3) is 0 Å². The number of likely N-dealkylation sites (tertiary alicyclic amines) is 1. The van der Waals surface area contributed by atoms with E-state index < -0.39 is 11.4 Å². The molecule has 1 fully saturated rings. The normalized spacial score (nSPS) is 17.2. The van der Waals surface area contributed by atoms with Crippen LogP contribution in [0.25, 0.3) is 11.3 Å². The first kappa shape index (κ1) is 19.0. The minimum absolute atomic E-state index is 0.103. The monoisotopic (exact) mass is 367 g/mol. The summed E-state index contributed by atoms with van der Waals surface area (Å²) in [6.07, 6.45) is 1.77. The van der Waals surface area contributed by atoms with Gasteiger partial charge in [-0.25, -0.2) is 14.8 Å². The number of hydrogen-bond acceptors (Lipinski definition) is 4. The number of aromatic carboxylic acids is 1. The van der Waals surface area contributed by atoms with Crippen molar-refractivity contribution in [2.24, 2.45) is 5.41 Å². The van der Waals surface area contributed by atoms with Crippen molar-refractivity contribution in [2.75, 3.05) is 6.54 Å². The number of carboxylic acid groups (broad SMARTS) is 1. The molecule has 3 rings (SSSR count). The third kappa shape index (κ3) is 3.84. The summed E-state index contributed by atoms with van der Waals surface area (Å²) >= 11 is 0. The van der Waals surface area contributed by atoms with Crippen molar-refractivity contribution in [2.45, 2.75) is 46.6 Å². The van der Waals surface area contributed by atoms with Gasteiger partial charge in [-0.3, -0.25) is 4.79 Å². The van der Waals surface area contributed by atoms with Crippen LogP contribution < -0.4 is 0 Å². The molecule has 1 aliphatic heterocycles. The predicted octanol–water partition coefficient (Wildman–Crippen LogP) is 3.86. The second kappa shape index (κ2) is 7.10. The lowest BCUT2D eigenvalue weighted by molar-refractivity contribution is -0.140. The zero-order valence-corrected chi connectivity index (χ0v) is 16.2. The largest absolute Gasteiger partial charge is 0.478 e. The summed E-state index contributed by atoms with van der Waals surface area (Å²) in [7, 11) is 0. The zero-order chi connectivity index (χ0) is 19.8. The van der Waals surface area contributed by atoms with E-state index in [0.29, 0.717) is 23.6 Å². The molecule has 1 aliphatic rings. The number of rotatable bonds is 3. The number of carbonyl (C=O) groups excluding carboxylic acids is 1. The summed E-state index contributed by atoms with van der Waals surface area (Å²) in [5.74, 6) is -0.319. The lowest BCUT2D eigenvalue weighted by Gasteiger charge is -2.30. The molecule has 0 radical (unpaired) electrons. The minimum atomic E-state index is -0.992. The van der Waals surface area contributed by atoms with Crippen LogP contribution in [0.5, 0.6) is 0 Å². The molecule has 1 aromatic heterocycles. The predicted molar refractivity (Wildman–Crippen MR) is 102 cm³/mol. The standard InChI is InChI=1S/C21H25N3O3/c1-13-22-16(14-8-5-6-9-15(14)19(25)26)12-17(23-13)18-10-7-11-24(18)20(27)21(2,3)4/h5-6,8-9,12,18H,7,10-11H2,1-4H3,(H,25,26). The van der Waals surface area contributed by atoms with Crippen molar-refractivity contribution < 1.29 is 14.7 Å². The molecule has 0 bridgehead atoms. The molecule has 6 nitrogen and oxygen atoms in total. The Hall–Kier alpha value is -2.76. The Bertz CT molecular complexity index is 886. The van der Waals surface area contributed by atoms with E-state index in [1.807, 2.05) is 31.7 Å². The Labute approximate surface area is 159 Å². The van der Waals surface area contributed by atoms with Crippen LogP contribution in [0.3, 0.4) is 0 Å². The summed E-state index contributed by atoms with van der Waals surface area (Å²) in [6, 6.07) is 8.54. The molecular weight excluding hydrogens is 342 g/mol. The summed E-state index contributed by atoms with van der Waals surface area (Å²) in [6.45, 7) is 8.27. The fourth-order valence-electron chi connectivity index (χ4n) is 3.54. The Balaban J connectivity index is 2.04. The van der Waals surface area contributed by atoms with Gasteiger partial charge in [0.15, 0.2) is 0 Å². The smallest absolute Gasteiger partial charge is 0.336 e. The summed E-state index contributed by atoms with van der Waals surface area (Å²) in [5, 5.41) is 9.49. The molecule has 142 valence electrons. The Morgan fingerprint density at radius 2 is 1.89 bits per heavy atom. The van der Waals surface area contributed by atoms with Crippen LogP contribution >= 0.6 is 0 Å². The first-order valence-electron chi connectivity index (χ1n) is 9.18. The fraction of sp³-hybridized carbons (Fsp3) is 0.429. The number of carbonyl (C=O) groups is 2. The Kier molecular flexibility index (Phi) is 5.00.